The topological polar surface area (TPSA) is 37.4 Å². The Bertz CT molecular complexity index is 947. The van der Waals surface area contributed by atoms with Crippen molar-refractivity contribution >= 4 is 23.8 Å². The molecule has 156 valence electrons. The standard InChI is InChI=1S/C24H33NO2SSi/c1-19(2)29(20(3)4,21(5)6)18-17-25(23-11-9-8-10-12-23)28(26,27)24-15-13-22(7)14-16-24/h8-16,19-21H,1-7H3. The van der Waals surface area contributed by atoms with E-state index in [1.54, 1.807) is 24.3 Å². The van der Waals surface area contributed by atoms with Gasteiger partial charge < -0.3 is 0 Å². The molecule has 0 amide bonds. The highest BCUT2D eigenvalue weighted by Crippen LogP contribution is 2.41. The second kappa shape index (κ2) is 9.19. The molecule has 0 bridgehead atoms. The van der Waals surface area contributed by atoms with E-state index in [-0.39, 0.29) is 4.90 Å². The predicted octanol–water partition coefficient (Wildman–Crippen LogP) is 6.37. The van der Waals surface area contributed by atoms with E-state index in [4.69, 9.17) is 0 Å². The lowest BCUT2D eigenvalue weighted by atomic mass is 10.2. The van der Waals surface area contributed by atoms with Gasteiger partial charge in [-0.25, -0.2) is 8.42 Å². The van der Waals surface area contributed by atoms with Gasteiger partial charge >= 0.3 is 0 Å². The fourth-order valence-corrected chi connectivity index (χ4v) is 10.7. The van der Waals surface area contributed by atoms with E-state index in [0.29, 0.717) is 22.3 Å². The maximum absolute atomic E-state index is 13.5. The molecule has 0 radical (unpaired) electrons. The van der Waals surface area contributed by atoms with Crippen LogP contribution in [0.5, 0.6) is 0 Å². The first-order valence-corrected chi connectivity index (χ1v) is 13.9. The first kappa shape index (κ1) is 23.2. The van der Waals surface area contributed by atoms with Crippen LogP contribution in [0.1, 0.15) is 47.1 Å². The summed E-state index contributed by atoms with van der Waals surface area (Å²) in [5, 5.41) is 0. The molecule has 3 nitrogen and oxygen atoms in total. The number of benzene rings is 2. The summed E-state index contributed by atoms with van der Waals surface area (Å²) in [4.78, 5) is 0.257. The van der Waals surface area contributed by atoms with Crippen LogP contribution in [0.2, 0.25) is 16.6 Å². The van der Waals surface area contributed by atoms with Crippen LogP contribution in [0.4, 0.5) is 5.69 Å². The van der Waals surface area contributed by atoms with Gasteiger partial charge in [-0.3, -0.25) is 0 Å². The van der Waals surface area contributed by atoms with E-state index in [9.17, 15) is 8.42 Å². The van der Waals surface area contributed by atoms with E-state index in [1.807, 2.05) is 37.3 Å². The normalized spacial score (nSPS) is 12.2. The first-order chi connectivity index (χ1) is 13.5. The molecule has 29 heavy (non-hydrogen) atoms. The maximum Gasteiger partial charge on any atom is 0.275 e. The molecule has 0 atom stereocenters. The van der Waals surface area contributed by atoms with Crippen molar-refractivity contribution in [1.82, 2.24) is 0 Å². The Hall–Kier alpha value is -2.03. The van der Waals surface area contributed by atoms with Crippen molar-refractivity contribution in [2.45, 2.75) is 70.0 Å². The average Bonchev–Trinajstić information content (AvgIpc) is 2.65. The molecule has 0 heterocycles. The Morgan fingerprint density at radius 1 is 0.793 bits per heavy atom. The minimum absolute atomic E-state index is 0.257. The lowest BCUT2D eigenvalue weighted by Crippen LogP contribution is -2.44. The SMILES string of the molecule is Cc1ccc(S(=O)(=O)N(C#C[Si](C(C)C)(C(C)C)C(C)C)c2ccccc2)cc1. The molecule has 0 unspecified atom stereocenters. The third-order valence-electron chi connectivity index (χ3n) is 5.79. The quantitative estimate of drug-likeness (QED) is 0.305. The molecule has 5 heteroatoms. The largest absolute Gasteiger partial charge is 0.275 e. The van der Waals surface area contributed by atoms with E-state index in [2.05, 4.69) is 53.1 Å². The van der Waals surface area contributed by atoms with Crippen LogP contribution in [0.25, 0.3) is 0 Å². The number of para-hydroxylation sites is 1. The van der Waals surface area contributed by atoms with E-state index < -0.39 is 18.1 Å². The van der Waals surface area contributed by atoms with Gasteiger partial charge in [-0.2, -0.15) is 4.31 Å². The van der Waals surface area contributed by atoms with Crippen molar-refractivity contribution in [1.29, 1.82) is 0 Å². The van der Waals surface area contributed by atoms with Gasteiger partial charge in [0, 0.05) is 6.04 Å². The molecule has 0 saturated carbocycles. The zero-order valence-electron chi connectivity index (χ0n) is 18.6. The summed E-state index contributed by atoms with van der Waals surface area (Å²) in [6, 6.07) is 19.2. The highest BCUT2D eigenvalue weighted by molar-refractivity contribution is 7.93. The fraction of sp³-hybridized carbons (Fsp3) is 0.417. The van der Waals surface area contributed by atoms with Crippen molar-refractivity contribution in [2.24, 2.45) is 0 Å². The van der Waals surface area contributed by atoms with Gasteiger partial charge in [-0.1, -0.05) is 77.4 Å². The Kier molecular flexibility index (Phi) is 7.37. The molecule has 0 aromatic heterocycles. The van der Waals surface area contributed by atoms with Gasteiger partial charge in [0.15, 0.2) is 0 Å². The molecular formula is C24H33NO2SSi. The van der Waals surface area contributed by atoms with Gasteiger partial charge in [-0.05, 0) is 47.8 Å². The average molecular weight is 428 g/mol. The van der Waals surface area contributed by atoms with Crippen LogP contribution in [-0.2, 0) is 10.0 Å². The first-order valence-electron chi connectivity index (χ1n) is 10.2. The van der Waals surface area contributed by atoms with Crippen LogP contribution < -0.4 is 4.31 Å². The van der Waals surface area contributed by atoms with Crippen molar-refractivity contribution < 1.29 is 8.42 Å². The third-order valence-corrected chi connectivity index (χ3v) is 13.7. The zero-order valence-corrected chi connectivity index (χ0v) is 20.4. The minimum Gasteiger partial charge on any atom is -0.200 e. The number of aryl methyl sites for hydroxylation is 1. The van der Waals surface area contributed by atoms with Gasteiger partial charge in [0.1, 0.15) is 8.07 Å². The van der Waals surface area contributed by atoms with E-state index in [1.165, 1.54) is 4.31 Å². The highest BCUT2D eigenvalue weighted by Gasteiger charge is 2.42. The molecule has 0 saturated heterocycles. The van der Waals surface area contributed by atoms with Crippen LogP contribution >= 0.6 is 0 Å². The Balaban J connectivity index is 2.69. The van der Waals surface area contributed by atoms with Crippen molar-refractivity contribution in [3.8, 4) is 11.6 Å². The molecule has 0 spiro atoms. The molecule has 2 rings (SSSR count). The summed E-state index contributed by atoms with van der Waals surface area (Å²) >= 11 is 0. The molecule has 0 fully saturated rings. The van der Waals surface area contributed by atoms with Crippen molar-refractivity contribution in [3.63, 3.8) is 0 Å². The van der Waals surface area contributed by atoms with Gasteiger partial charge in [0.2, 0.25) is 0 Å². The smallest absolute Gasteiger partial charge is 0.200 e. The van der Waals surface area contributed by atoms with Crippen LogP contribution in [-0.4, -0.2) is 16.5 Å². The van der Waals surface area contributed by atoms with Gasteiger partial charge in [0.05, 0.1) is 10.6 Å². The molecule has 0 N–H and O–H groups in total. The Morgan fingerprint density at radius 2 is 1.28 bits per heavy atom. The summed E-state index contributed by atoms with van der Waals surface area (Å²) in [7, 11) is -5.87. The minimum atomic E-state index is -3.79. The third kappa shape index (κ3) is 4.76. The summed E-state index contributed by atoms with van der Waals surface area (Å²) in [6.45, 7) is 15.3. The van der Waals surface area contributed by atoms with Crippen LogP contribution in [0.3, 0.4) is 0 Å². The number of rotatable bonds is 6. The molecule has 0 aliphatic heterocycles. The summed E-state index contributed by atoms with van der Waals surface area (Å²) in [5.41, 5.74) is 6.42. The fourth-order valence-electron chi connectivity index (χ4n) is 4.22. The lowest BCUT2D eigenvalue weighted by Gasteiger charge is -2.38. The van der Waals surface area contributed by atoms with E-state index >= 15 is 0 Å². The number of hydrogen-bond acceptors (Lipinski definition) is 2. The van der Waals surface area contributed by atoms with Gasteiger partial charge in [0.25, 0.3) is 10.0 Å². The number of hydrogen-bond donors (Lipinski definition) is 0. The molecule has 0 aliphatic carbocycles. The Labute approximate surface area is 178 Å². The zero-order chi connectivity index (χ0) is 21.8. The maximum atomic E-state index is 13.5. The molecular weight excluding hydrogens is 394 g/mol. The summed E-state index contributed by atoms with van der Waals surface area (Å²) < 4.78 is 28.3. The monoisotopic (exact) mass is 427 g/mol. The second-order valence-electron chi connectivity index (χ2n) is 8.55. The predicted molar refractivity (Wildman–Crippen MR) is 126 cm³/mol. The van der Waals surface area contributed by atoms with Crippen LogP contribution in [0.15, 0.2) is 59.5 Å². The highest BCUT2D eigenvalue weighted by atomic mass is 32.2. The molecule has 0 aliphatic rings. The summed E-state index contributed by atoms with van der Waals surface area (Å²) in [6.07, 6.45) is 0. The summed E-state index contributed by atoms with van der Waals surface area (Å²) in [5.74, 6) is 0. The number of anilines is 1. The van der Waals surface area contributed by atoms with E-state index in [0.717, 1.165) is 5.56 Å². The Morgan fingerprint density at radius 3 is 1.72 bits per heavy atom. The lowest BCUT2D eigenvalue weighted by molar-refractivity contribution is 0.596. The second-order valence-corrected chi connectivity index (χ2v) is 15.9. The number of nitrogens with zero attached hydrogens (tertiary/aromatic N) is 1. The number of sulfonamides is 1. The molecule has 2 aromatic rings. The van der Waals surface area contributed by atoms with Gasteiger partial charge in [-0.15, -0.1) is 5.54 Å². The molecule has 2 aromatic carbocycles. The van der Waals surface area contributed by atoms with Crippen LogP contribution in [0, 0.1) is 18.5 Å². The van der Waals surface area contributed by atoms with Crippen molar-refractivity contribution in [2.75, 3.05) is 4.31 Å². The van der Waals surface area contributed by atoms with Crippen molar-refractivity contribution in [3.05, 3.63) is 60.2 Å².